The number of para-hydroxylation sites is 1. The fourth-order valence-corrected chi connectivity index (χ4v) is 8.43. The molecule has 16 heteroatoms. The third kappa shape index (κ3) is 4.82. The van der Waals surface area contributed by atoms with E-state index in [2.05, 4.69) is 15.3 Å². The van der Waals surface area contributed by atoms with Crippen molar-refractivity contribution in [3.05, 3.63) is 64.3 Å². The molecule has 6 heterocycles. The van der Waals surface area contributed by atoms with E-state index in [0.29, 0.717) is 24.5 Å². The topological polar surface area (TPSA) is 201 Å². The molecule has 0 unspecified atom stereocenters. The molecule has 0 radical (unpaired) electrons. The summed E-state index contributed by atoms with van der Waals surface area (Å²) in [7, 11) is -4.55. The van der Waals surface area contributed by atoms with Gasteiger partial charge in [0, 0.05) is 36.9 Å². The Balaban J connectivity index is 1.28. The molecule has 0 aliphatic carbocycles. The van der Waals surface area contributed by atoms with Crippen LogP contribution in [0.25, 0.3) is 11.0 Å². The number of sulfone groups is 1. The second-order valence-electron chi connectivity index (χ2n) is 12.0. The van der Waals surface area contributed by atoms with Crippen LogP contribution < -0.4 is 25.4 Å². The molecule has 8 rings (SSSR count). The second-order valence-corrected chi connectivity index (χ2v) is 13.9. The molecule has 15 nitrogen and oxygen atoms in total. The maximum absolute atomic E-state index is 14.6. The van der Waals surface area contributed by atoms with Crippen LogP contribution in [0, 0.1) is 16.0 Å². The maximum Gasteiger partial charge on any atom is 0.297 e. The van der Waals surface area contributed by atoms with E-state index in [0.717, 1.165) is 24.3 Å². The average Bonchev–Trinajstić information content (AvgIpc) is 3.74. The summed E-state index contributed by atoms with van der Waals surface area (Å²) in [4.78, 5) is 33.4. The number of carbonyl (C=O) groups is 1. The number of carbonyl (C=O) groups excluding carboxylic acids is 1. The van der Waals surface area contributed by atoms with E-state index in [1.807, 2.05) is 6.07 Å². The van der Waals surface area contributed by atoms with E-state index in [-0.39, 0.29) is 70.1 Å². The lowest BCUT2D eigenvalue weighted by Gasteiger charge is -2.40. The van der Waals surface area contributed by atoms with Crippen LogP contribution in [0.5, 0.6) is 11.6 Å². The summed E-state index contributed by atoms with van der Waals surface area (Å²) in [6.07, 6.45) is 2.74. The minimum absolute atomic E-state index is 0.000680. The van der Waals surface area contributed by atoms with Crippen molar-refractivity contribution >= 4 is 49.5 Å². The number of nitro groups is 1. The van der Waals surface area contributed by atoms with E-state index >= 15 is 0 Å². The van der Waals surface area contributed by atoms with Crippen LogP contribution in [0.1, 0.15) is 23.2 Å². The largest absolute Gasteiger partial charge is 0.489 e. The van der Waals surface area contributed by atoms with Gasteiger partial charge >= 0.3 is 0 Å². The Morgan fingerprint density at radius 3 is 2.70 bits per heavy atom. The maximum atomic E-state index is 14.6. The molecule has 0 spiro atoms. The summed E-state index contributed by atoms with van der Waals surface area (Å²) in [6.45, 7) is 1.77. The number of rotatable bonds is 6. The Labute approximate surface area is 268 Å². The molecule has 1 amide bonds. The summed E-state index contributed by atoms with van der Waals surface area (Å²) < 4.78 is 52.7. The van der Waals surface area contributed by atoms with E-state index < -0.39 is 38.5 Å². The van der Waals surface area contributed by atoms with Crippen LogP contribution in [-0.2, 0) is 19.3 Å². The molecular weight excluding hydrogens is 632 g/mol. The second kappa shape index (κ2) is 11.1. The smallest absolute Gasteiger partial charge is 0.297 e. The van der Waals surface area contributed by atoms with Gasteiger partial charge < -0.3 is 39.9 Å². The first kappa shape index (κ1) is 29.5. The zero-order valence-corrected chi connectivity index (χ0v) is 25.7. The first-order valence-corrected chi connectivity index (χ1v) is 16.7. The van der Waals surface area contributed by atoms with Crippen molar-refractivity contribution in [3.63, 3.8) is 0 Å². The highest BCUT2D eigenvalue weighted by Crippen LogP contribution is 2.48. The fourth-order valence-electron chi connectivity index (χ4n) is 6.92. The highest BCUT2D eigenvalue weighted by molar-refractivity contribution is 7.91. The Morgan fingerprint density at radius 1 is 1.09 bits per heavy atom. The molecule has 0 saturated carbocycles. The molecule has 2 aromatic heterocycles. The predicted molar refractivity (Wildman–Crippen MR) is 167 cm³/mol. The van der Waals surface area contributed by atoms with Crippen molar-refractivity contribution in [1.82, 2.24) is 9.97 Å². The number of hydrogen-bond acceptors (Lipinski definition) is 12. The van der Waals surface area contributed by atoms with Gasteiger partial charge in [-0.15, -0.1) is 0 Å². The van der Waals surface area contributed by atoms with Crippen LogP contribution in [0.2, 0.25) is 0 Å². The van der Waals surface area contributed by atoms with Crippen molar-refractivity contribution in [2.45, 2.75) is 40.8 Å². The van der Waals surface area contributed by atoms with Gasteiger partial charge in [0.25, 0.3) is 11.6 Å². The van der Waals surface area contributed by atoms with Gasteiger partial charge in [0.2, 0.25) is 15.7 Å². The van der Waals surface area contributed by atoms with Gasteiger partial charge in [0.15, 0.2) is 11.4 Å². The van der Waals surface area contributed by atoms with Gasteiger partial charge in [-0.25, -0.2) is 8.42 Å². The summed E-state index contributed by atoms with van der Waals surface area (Å²) >= 11 is 0. The number of amides is 1. The van der Waals surface area contributed by atoms with Crippen molar-refractivity contribution in [3.8, 4) is 11.6 Å². The third-order valence-corrected chi connectivity index (χ3v) is 11.0. The standard InChI is InChI=1S/C31H30N6O9S/c32-29(38)19-2-1-3-26(28(19)36-22-10-17-4-7-33-30(17)35-31(22)46-25-15-44-14-23(25)36)47(41,42)18-11-21(37(39)40)27-24(12-18)45-13-20(34-27)16-5-8-43-9-6-16/h1-4,7,10-12,16,20,23,25,34H,5-6,8-9,13-15H2,(H2,32,38)(H,33,35)/t20-,23-,25-/m0/s1. The zero-order valence-electron chi connectivity index (χ0n) is 24.9. The summed E-state index contributed by atoms with van der Waals surface area (Å²) in [5, 5.41) is 16.3. The first-order valence-electron chi connectivity index (χ1n) is 15.2. The van der Waals surface area contributed by atoms with Crippen molar-refractivity contribution in [2.24, 2.45) is 11.7 Å². The van der Waals surface area contributed by atoms with Gasteiger partial charge in [-0.05, 0) is 43.0 Å². The number of nitrogens with one attached hydrogen (secondary N) is 2. The molecule has 244 valence electrons. The Morgan fingerprint density at radius 2 is 1.91 bits per heavy atom. The van der Waals surface area contributed by atoms with Crippen LogP contribution in [0.15, 0.2) is 58.5 Å². The van der Waals surface area contributed by atoms with Crippen LogP contribution in [-0.4, -0.2) is 80.4 Å². The van der Waals surface area contributed by atoms with Gasteiger partial charge in [0.1, 0.15) is 24.0 Å². The lowest BCUT2D eigenvalue weighted by atomic mass is 9.91. The molecular formula is C31H30N6O9S. The average molecular weight is 663 g/mol. The number of nitro benzene ring substituents is 1. The number of fused-ring (bicyclic) bond motifs is 4. The van der Waals surface area contributed by atoms with Crippen LogP contribution in [0.3, 0.4) is 0 Å². The fraction of sp³-hybridized carbons (Fsp3) is 0.355. The number of aromatic amines is 1. The van der Waals surface area contributed by atoms with E-state index in [1.165, 1.54) is 24.3 Å². The number of pyridine rings is 1. The van der Waals surface area contributed by atoms with Crippen LogP contribution in [0.4, 0.5) is 22.7 Å². The van der Waals surface area contributed by atoms with Gasteiger partial charge in [-0.1, -0.05) is 6.07 Å². The van der Waals surface area contributed by atoms with E-state index in [9.17, 15) is 23.3 Å². The molecule has 2 saturated heterocycles. The van der Waals surface area contributed by atoms with Crippen molar-refractivity contribution < 1.29 is 37.1 Å². The molecule has 0 bridgehead atoms. The van der Waals surface area contributed by atoms with Crippen molar-refractivity contribution in [2.75, 3.05) is 43.3 Å². The molecule has 3 atom stereocenters. The number of nitrogens with two attached hydrogens (primary N) is 1. The molecule has 2 aromatic carbocycles. The number of benzene rings is 2. The summed E-state index contributed by atoms with van der Waals surface area (Å²) in [5.41, 5.74) is 6.46. The Bertz CT molecular complexity index is 2040. The number of aromatic nitrogens is 2. The highest BCUT2D eigenvalue weighted by Gasteiger charge is 2.45. The lowest BCUT2D eigenvalue weighted by molar-refractivity contribution is -0.384. The molecule has 4 aromatic rings. The van der Waals surface area contributed by atoms with Gasteiger partial charge in [-0.3, -0.25) is 14.9 Å². The normalized spacial score (nSPS) is 22.4. The van der Waals surface area contributed by atoms with E-state index in [1.54, 1.807) is 17.2 Å². The Kier molecular flexibility index (Phi) is 6.96. The quantitative estimate of drug-likeness (QED) is 0.201. The first-order chi connectivity index (χ1) is 22.7. The highest BCUT2D eigenvalue weighted by atomic mass is 32.2. The lowest BCUT2D eigenvalue weighted by Crippen LogP contribution is -2.47. The monoisotopic (exact) mass is 662 g/mol. The minimum atomic E-state index is -4.55. The summed E-state index contributed by atoms with van der Waals surface area (Å²) in [6, 6.07) is 9.37. The zero-order chi connectivity index (χ0) is 32.4. The molecule has 47 heavy (non-hydrogen) atoms. The minimum Gasteiger partial charge on any atom is -0.489 e. The number of hydrogen-bond donors (Lipinski definition) is 3. The number of H-pyrrole nitrogens is 1. The van der Waals surface area contributed by atoms with E-state index in [4.69, 9.17) is 24.7 Å². The molecule has 2 fully saturated rings. The number of anilines is 3. The van der Waals surface area contributed by atoms with Crippen LogP contribution >= 0.6 is 0 Å². The Hall–Kier alpha value is -4.93. The van der Waals surface area contributed by atoms with Gasteiger partial charge in [0.05, 0.1) is 51.3 Å². The molecule has 4 aliphatic rings. The third-order valence-electron chi connectivity index (χ3n) is 9.28. The number of nitrogens with zero attached hydrogens (tertiary/aromatic N) is 3. The summed E-state index contributed by atoms with van der Waals surface area (Å²) in [5.74, 6) is -0.411. The van der Waals surface area contributed by atoms with Gasteiger partial charge in [-0.2, -0.15) is 4.98 Å². The SMILES string of the molecule is NC(=O)c1cccc(S(=O)(=O)c2cc3c(c([N+](=O)[O-])c2)N[C@H](C2CCOCC2)CO3)c1N1c2cc3cc[nH]c3nc2O[C@H]2COC[C@@H]21. The number of ether oxygens (including phenoxy) is 4. The predicted octanol–water partition coefficient (Wildman–Crippen LogP) is 3.30. The molecule has 4 aliphatic heterocycles. The number of primary amides is 1. The van der Waals surface area contributed by atoms with Crippen molar-refractivity contribution in [1.29, 1.82) is 0 Å². The molecule has 4 N–H and O–H groups in total.